The smallest absolute Gasteiger partial charge is 0.250 e. The average Bonchev–Trinajstić information content (AvgIpc) is 3.22. The number of aromatic nitrogens is 3. The molecule has 1 aromatic carbocycles. The number of halogens is 1. The third-order valence-corrected chi connectivity index (χ3v) is 5.87. The molecule has 0 aliphatic heterocycles. The van der Waals surface area contributed by atoms with Crippen LogP contribution in [0, 0.1) is 19.7 Å². The molecule has 0 atom stereocenters. The number of fused-ring (bicyclic) bond motifs is 1. The fourth-order valence-electron chi connectivity index (χ4n) is 3.36. The average molecular weight is 410 g/mol. The number of hydrogen-bond donors (Lipinski definition) is 1. The maximum absolute atomic E-state index is 13.2. The summed E-state index contributed by atoms with van der Waals surface area (Å²) in [7, 11) is 0. The summed E-state index contributed by atoms with van der Waals surface area (Å²) in [6.45, 7) is 3.74. The van der Waals surface area contributed by atoms with E-state index in [1.54, 1.807) is 22.9 Å². The van der Waals surface area contributed by atoms with E-state index in [0.29, 0.717) is 16.4 Å². The number of nitrogens with one attached hydrogen (secondary N) is 1. The maximum Gasteiger partial charge on any atom is 0.250 e. The van der Waals surface area contributed by atoms with Crippen molar-refractivity contribution in [1.29, 1.82) is 0 Å². The number of aryl methyl sites for hydroxylation is 2. The monoisotopic (exact) mass is 410 g/mol. The Kier molecular flexibility index (Phi) is 5.10. The van der Waals surface area contributed by atoms with Crippen LogP contribution in [0.4, 0.5) is 9.52 Å². The molecule has 4 rings (SSSR count). The third-order valence-electron chi connectivity index (χ3n) is 4.82. The summed E-state index contributed by atoms with van der Waals surface area (Å²) in [6, 6.07) is 6.07. The van der Waals surface area contributed by atoms with E-state index in [4.69, 9.17) is 0 Å². The molecule has 2 aromatic heterocycles. The largest absolute Gasteiger partial charge is 0.298 e. The zero-order chi connectivity index (χ0) is 20.5. The summed E-state index contributed by atoms with van der Waals surface area (Å²) in [5, 5.41) is 7.66. The minimum absolute atomic E-state index is 0.0965. The molecule has 1 aliphatic rings. The number of rotatable bonds is 4. The van der Waals surface area contributed by atoms with Crippen molar-refractivity contribution in [3.63, 3.8) is 0 Å². The number of amides is 1. The summed E-state index contributed by atoms with van der Waals surface area (Å²) in [5.74, 6) is -0.534. The molecule has 8 heteroatoms. The molecule has 0 fully saturated rings. The second-order valence-corrected chi connectivity index (χ2v) is 7.87. The van der Waals surface area contributed by atoms with Gasteiger partial charge in [0.2, 0.25) is 5.91 Å². The first-order chi connectivity index (χ1) is 13.9. The predicted molar refractivity (Wildman–Crippen MR) is 110 cm³/mol. The summed E-state index contributed by atoms with van der Waals surface area (Å²) in [4.78, 5) is 29.3. The molecule has 0 radical (unpaired) electrons. The van der Waals surface area contributed by atoms with Gasteiger partial charge in [0.05, 0.1) is 22.0 Å². The first kappa shape index (κ1) is 19.2. The van der Waals surface area contributed by atoms with Crippen molar-refractivity contribution in [2.75, 3.05) is 5.32 Å². The van der Waals surface area contributed by atoms with E-state index in [9.17, 15) is 14.0 Å². The van der Waals surface area contributed by atoms with E-state index >= 15 is 0 Å². The van der Waals surface area contributed by atoms with Gasteiger partial charge in [0.1, 0.15) is 5.82 Å². The van der Waals surface area contributed by atoms with Crippen molar-refractivity contribution in [2.45, 2.75) is 33.1 Å². The molecule has 0 spiro atoms. The van der Waals surface area contributed by atoms with Crippen molar-refractivity contribution in [2.24, 2.45) is 0 Å². The summed E-state index contributed by atoms with van der Waals surface area (Å²) < 4.78 is 14.9. The number of benzene rings is 1. The Balaban J connectivity index is 1.51. The van der Waals surface area contributed by atoms with Gasteiger partial charge in [0, 0.05) is 23.8 Å². The Morgan fingerprint density at radius 1 is 1.24 bits per heavy atom. The Labute approximate surface area is 171 Å². The van der Waals surface area contributed by atoms with Crippen molar-refractivity contribution in [1.82, 2.24) is 14.8 Å². The van der Waals surface area contributed by atoms with Crippen LogP contribution in [0.15, 0.2) is 30.3 Å². The highest BCUT2D eigenvalue weighted by molar-refractivity contribution is 7.17. The molecule has 29 heavy (non-hydrogen) atoms. The lowest BCUT2D eigenvalue weighted by Crippen LogP contribution is -2.08. The second kappa shape index (κ2) is 7.71. The fourth-order valence-corrected chi connectivity index (χ4v) is 4.34. The molecule has 6 nitrogen and oxygen atoms in total. The van der Waals surface area contributed by atoms with Gasteiger partial charge in [0.15, 0.2) is 10.9 Å². The van der Waals surface area contributed by atoms with Crippen LogP contribution in [-0.4, -0.2) is 26.5 Å². The molecule has 1 N–H and O–H groups in total. The summed E-state index contributed by atoms with van der Waals surface area (Å²) in [5.41, 5.74) is 3.93. The van der Waals surface area contributed by atoms with Crippen molar-refractivity contribution >= 4 is 34.2 Å². The van der Waals surface area contributed by atoms with Gasteiger partial charge in [-0.1, -0.05) is 11.3 Å². The first-order valence-corrected chi connectivity index (χ1v) is 10.1. The van der Waals surface area contributed by atoms with Crippen LogP contribution in [0.2, 0.25) is 0 Å². The summed E-state index contributed by atoms with van der Waals surface area (Å²) >= 11 is 1.23. The van der Waals surface area contributed by atoms with Crippen molar-refractivity contribution in [3.05, 3.63) is 63.7 Å². The zero-order valence-electron chi connectivity index (χ0n) is 16.0. The highest BCUT2D eigenvalue weighted by Gasteiger charge is 2.22. The minimum atomic E-state index is -0.322. The normalized spacial score (nSPS) is 13.7. The van der Waals surface area contributed by atoms with Gasteiger partial charge in [-0.15, -0.1) is 0 Å². The molecule has 0 bridgehead atoms. The summed E-state index contributed by atoms with van der Waals surface area (Å²) in [6.07, 6.45) is 5.24. The lowest BCUT2D eigenvalue weighted by Gasteiger charge is -2.05. The fraction of sp³-hybridized carbons (Fsp3) is 0.238. The standard InChI is InChI=1S/C21H19FN4O2S/c1-12-16(13(2)26(25-12)15-8-6-14(22)7-9-15)10-11-19(28)24-21-23-17-4-3-5-18(27)20(17)29-21/h6-11H,3-5H2,1-2H3,(H,23,24,28)/b11-10+. The van der Waals surface area contributed by atoms with E-state index < -0.39 is 0 Å². The number of hydrogen-bond acceptors (Lipinski definition) is 5. The van der Waals surface area contributed by atoms with Gasteiger partial charge in [-0.3, -0.25) is 14.9 Å². The Morgan fingerprint density at radius 2 is 2.00 bits per heavy atom. The van der Waals surface area contributed by atoms with Gasteiger partial charge in [0.25, 0.3) is 0 Å². The maximum atomic E-state index is 13.2. The topological polar surface area (TPSA) is 76.9 Å². The van der Waals surface area contributed by atoms with Gasteiger partial charge in [-0.2, -0.15) is 5.10 Å². The highest BCUT2D eigenvalue weighted by Crippen LogP contribution is 2.29. The van der Waals surface area contributed by atoms with Crippen LogP contribution in [0.3, 0.4) is 0 Å². The number of thiazole rings is 1. The number of ketones is 1. The van der Waals surface area contributed by atoms with Crippen LogP contribution in [-0.2, 0) is 11.2 Å². The molecule has 1 amide bonds. The molecular formula is C21H19FN4O2S. The number of carbonyl (C=O) groups is 2. The van der Waals surface area contributed by atoms with E-state index in [0.717, 1.165) is 41.2 Å². The van der Waals surface area contributed by atoms with E-state index in [1.165, 1.54) is 29.5 Å². The predicted octanol–water partition coefficient (Wildman–Crippen LogP) is 4.26. The molecule has 148 valence electrons. The van der Waals surface area contributed by atoms with Crippen LogP contribution in [0.1, 0.15) is 45.2 Å². The van der Waals surface area contributed by atoms with Crippen LogP contribution >= 0.6 is 11.3 Å². The van der Waals surface area contributed by atoms with Gasteiger partial charge >= 0.3 is 0 Å². The van der Waals surface area contributed by atoms with Gasteiger partial charge in [-0.25, -0.2) is 14.1 Å². The highest BCUT2D eigenvalue weighted by atomic mass is 32.1. The second-order valence-electron chi connectivity index (χ2n) is 6.87. The van der Waals surface area contributed by atoms with E-state index in [2.05, 4.69) is 15.4 Å². The number of Topliss-reactive ketones (excluding diaryl/α,β-unsaturated/α-hetero) is 1. The number of nitrogens with zero attached hydrogens (tertiary/aromatic N) is 3. The number of anilines is 1. The quantitative estimate of drug-likeness (QED) is 0.652. The van der Waals surface area contributed by atoms with Gasteiger partial charge < -0.3 is 0 Å². The van der Waals surface area contributed by atoms with Gasteiger partial charge in [-0.05, 0) is 57.0 Å². The third kappa shape index (κ3) is 3.88. The lowest BCUT2D eigenvalue weighted by molar-refractivity contribution is -0.111. The van der Waals surface area contributed by atoms with Crippen LogP contribution < -0.4 is 5.32 Å². The Bertz CT molecular complexity index is 1130. The molecule has 1 aliphatic carbocycles. The lowest BCUT2D eigenvalue weighted by atomic mass is 10.0. The molecule has 0 saturated carbocycles. The molecular weight excluding hydrogens is 391 g/mol. The van der Waals surface area contributed by atoms with E-state index in [-0.39, 0.29) is 17.5 Å². The van der Waals surface area contributed by atoms with Crippen molar-refractivity contribution in [3.8, 4) is 5.69 Å². The first-order valence-electron chi connectivity index (χ1n) is 9.26. The Morgan fingerprint density at radius 3 is 2.72 bits per heavy atom. The molecule has 2 heterocycles. The molecule has 0 unspecified atom stereocenters. The Hall–Kier alpha value is -3.13. The zero-order valence-corrected chi connectivity index (χ0v) is 16.8. The van der Waals surface area contributed by atoms with E-state index in [1.807, 2.05) is 13.8 Å². The SMILES string of the molecule is Cc1nn(-c2ccc(F)cc2)c(C)c1/C=C/C(=O)Nc1nc2c(s1)C(=O)CCC2. The van der Waals surface area contributed by atoms with Crippen molar-refractivity contribution < 1.29 is 14.0 Å². The minimum Gasteiger partial charge on any atom is -0.298 e. The van der Waals surface area contributed by atoms with Crippen LogP contribution in [0.25, 0.3) is 11.8 Å². The van der Waals surface area contributed by atoms with Crippen LogP contribution in [0.5, 0.6) is 0 Å². The molecule has 0 saturated heterocycles. The number of carbonyl (C=O) groups excluding carboxylic acids is 2. The molecule has 3 aromatic rings.